The lowest BCUT2D eigenvalue weighted by Crippen LogP contribution is -2.07. The van der Waals surface area contributed by atoms with E-state index in [9.17, 15) is 4.79 Å². The van der Waals surface area contributed by atoms with Crippen LogP contribution in [0.25, 0.3) is 0 Å². The number of ketones is 1. The molecule has 0 aliphatic carbocycles. The Bertz CT molecular complexity index is 560. The molecule has 2 rings (SSSR count). The second-order valence-corrected chi connectivity index (χ2v) is 5.23. The number of hydrogen-bond donors (Lipinski definition) is 0. The number of carbonyl (C=O) groups excluding carboxylic acids is 1. The number of nitrogens with zero attached hydrogens (tertiary/aromatic N) is 2. The number of aryl methyl sites for hydroxylation is 3. The Morgan fingerprint density at radius 3 is 2.65 bits per heavy atom. The number of hydrogen-bond acceptors (Lipinski definition) is 4. The zero-order valence-electron chi connectivity index (χ0n) is 10.2. The van der Waals surface area contributed by atoms with E-state index >= 15 is 0 Å². The van der Waals surface area contributed by atoms with Crippen LogP contribution in [0.15, 0.2) is 18.2 Å². The van der Waals surface area contributed by atoms with Crippen molar-refractivity contribution in [2.45, 2.75) is 27.2 Å². The molecular weight excluding hydrogens is 232 g/mol. The van der Waals surface area contributed by atoms with Gasteiger partial charge in [-0.1, -0.05) is 6.92 Å². The van der Waals surface area contributed by atoms with Crippen molar-refractivity contribution in [3.8, 4) is 0 Å². The molecule has 0 saturated carbocycles. The van der Waals surface area contributed by atoms with Crippen molar-refractivity contribution in [2.24, 2.45) is 0 Å². The smallest absolute Gasteiger partial charge is 0.204 e. The first-order chi connectivity index (χ1) is 8.11. The van der Waals surface area contributed by atoms with E-state index in [1.165, 1.54) is 11.3 Å². The van der Waals surface area contributed by atoms with E-state index in [2.05, 4.69) is 10.2 Å². The largest absolute Gasteiger partial charge is 0.288 e. The molecule has 0 amide bonds. The van der Waals surface area contributed by atoms with Crippen molar-refractivity contribution in [2.75, 3.05) is 0 Å². The Morgan fingerprint density at radius 2 is 2.06 bits per heavy atom. The van der Waals surface area contributed by atoms with Gasteiger partial charge >= 0.3 is 0 Å². The first kappa shape index (κ1) is 11.9. The van der Waals surface area contributed by atoms with Gasteiger partial charge in [-0.15, -0.1) is 11.3 Å². The fourth-order valence-electron chi connectivity index (χ4n) is 1.66. The van der Waals surface area contributed by atoms with Crippen molar-refractivity contribution in [1.29, 1.82) is 0 Å². The van der Waals surface area contributed by atoms with Gasteiger partial charge in [-0.3, -0.25) is 4.79 Å². The first-order valence-corrected chi connectivity index (χ1v) is 6.37. The molecule has 0 aliphatic heterocycles. The summed E-state index contributed by atoms with van der Waals surface area (Å²) in [4.78, 5) is 14.2. The van der Waals surface area contributed by atoms with Crippen molar-refractivity contribution >= 4 is 17.1 Å². The van der Waals surface area contributed by atoms with Gasteiger partial charge in [-0.25, -0.2) is 0 Å². The predicted octanol–water partition coefficient (Wildman–Crippen LogP) is 2.95. The molecule has 0 unspecified atom stereocenters. The van der Waals surface area contributed by atoms with Gasteiger partial charge in [0.2, 0.25) is 5.78 Å². The van der Waals surface area contributed by atoms with Gasteiger partial charge in [-0.05, 0) is 38.5 Å². The summed E-state index contributed by atoms with van der Waals surface area (Å²) < 4.78 is 0. The average molecular weight is 246 g/mol. The number of thiophene rings is 1. The van der Waals surface area contributed by atoms with Gasteiger partial charge < -0.3 is 0 Å². The maximum absolute atomic E-state index is 12.3. The van der Waals surface area contributed by atoms with E-state index in [1.807, 2.05) is 39.0 Å². The molecule has 2 aromatic heterocycles. The highest BCUT2D eigenvalue weighted by atomic mass is 32.1. The summed E-state index contributed by atoms with van der Waals surface area (Å²) in [5, 5.41) is 8.08. The first-order valence-electron chi connectivity index (χ1n) is 5.56. The molecule has 3 nitrogen and oxygen atoms in total. The summed E-state index contributed by atoms with van der Waals surface area (Å²) in [5.41, 5.74) is 2.23. The van der Waals surface area contributed by atoms with Crippen LogP contribution in [-0.2, 0) is 6.42 Å². The third-order valence-electron chi connectivity index (χ3n) is 2.54. The van der Waals surface area contributed by atoms with Gasteiger partial charge in [0, 0.05) is 10.4 Å². The standard InChI is InChI=1S/C13H14N2OS/c1-4-11-10(7-8(2)14-15-11)13(16)12-6-5-9(3)17-12/h5-7H,4H2,1-3H3. The average Bonchev–Trinajstić information content (AvgIpc) is 2.75. The Balaban J connectivity index is 2.46. The third kappa shape index (κ3) is 2.42. The predicted molar refractivity (Wildman–Crippen MR) is 68.6 cm³/mol. The maximum Gasteiger partial charge on any atom is 0.204 e. The molecule has 17 heavy (non-hydrogen) atoms. The van der Waals surface area contributed by atoms with E-state index < -0.39 is 0 Å². The minimum atomic E-state index is 0.0537. The number of aromatic nitrogens is 2. The van der Waals surface area contributed by atoms with Crippen LogP contribution in [0.5, 0.6) is 0 Å². The van der Waals surface area contributed by atoms with Gasteiger partial charge in [-0.2, -0.15) is 10.2 Å². The van der Waals surface area contributed by atoms with E-state index in [4.69, 9.17) is 0 Å². The maximum atomic E-state index is 12.3. The molecule has 0 N–H and O–H groups in total. The second kappa shape index (κ2) is 4.75. The molecule has 0 radical (unpaired) electrons. The Labute approximate surface area is 105 Å². The molecule has 0 atom stereocenters. The third-order valence-corrected chi connectivity index (χ3v) is 3.54. The monoisotopic (exact) mass is 246 g/mol. The lowest BCUT2D eigenvalue weighted by Gasteiger charge is -2.04. The fraction of sp³-hybridized carbons (Fsp3) is 0.308. The van der Waals surface area contributed by atoms with E-state index in [1.54, 1.807) is 0 Å². The van der Waals surface area contributed by atoms with Crippen LogP contribution in [-0.4, -0.2) is 16.0 Å². The summed E-state index contributed by atoms with van der Waals surface area (Å²) in [7, 11) is 0. The van der Waals surface area contributed by atoms with Crippen LogP contribution in [0.4, 0.5) is 0 Å². The summed E-state index contributed by atoms with van der Waals surface area (Å²) in [6.07, 6.45) is 0.721. The van der Waals surface area contributed by atoms with Gasteiger partial charge in [0.1, 0.15) is 0 Å². The zero-order chi connectivity index (χ0) is 12.4. The molecule has 2 aromatic rings. The molecule has 4 heteroatoms. The van der Waals surface area contributed by atoms with E-state index in [0.29, 0.717) is 5.56 Å². The van der Waals surface area contributed by atoms with Crippen molar-refractivity contribution in [1.82, 2.24) is 10.2 Å². The van der Waals surface area contributed by atoms with Gasteiger partial charge in [0.25, 0.3) is 0 Å². The SMILES string of the molecule is CCc1nnc(C)cc1C(=O)c1ccc(C)s1. The van der Waals surface area contributed by atoms with Crippen LogP contribution in [0.3, 0.4) is 0 Å². The lowest BCUT2D eigenvalue weighted by molar-refractivity contribution is 0.104. The summed E-state index contributed by atoms with van der Waals surface area (Å²) in [5.74, 6) is 0.0537. The Hall–Kier alpha value is -1.55. The van der Waals surface area contributed by atoms with Gasteiger partial charge in [0.15, 0.2) is 0 Å². The van der Waals surface area contributed by atoms with Crippen molar-refractivity contribution < 1.29 is 4.79 Å². The molecule has 0 aromatic carbocycles. The van der Waals surface area contributed by atoms with Crippen LogP contribution in [0.1, 0.15) is 38.4 Å². The van der Waals surface area contributed by atoms with Gasteiger partial charge in [0.05, 0.1) is 16.3 Å². The molecule has 88 valence electrons. The topological polar surface area (TPSA) is 42.9 Å². The lowest BCUT2D eigenvalue weighted by atomic mass is 10.1. The summed E-state index contributed by atoms with van der Waals surface area (Å²) >= 11 is 1.52. The number of carbonyl (C=O) groups is 1. The van der Waals surface area contributed by atoms with E-state index in [-0.39, 0.29) is 5.78 Å². The van der Waals surface area contributed by atoms with Crippen LogP contribution in [0.2, 0.25) is 0 Å². The quantitative estimate of drug-likeness (QED) is 0.782. The Morgan fingerprint density at radius 1 is 1.29 bits per heavy atom. The summed E-state index contributed by atoms with van der Waals surface area (Å²) in [6, 6.07) is 5.66. The normalized spacial score (nSPS) is 10.5. The highest BCUT2D eigenvalue weighted by molar-refractivity contribution is 7.14. The molecule has 0 aliphatic rings. The number of rotatable bonds is 3. The fourth-order valence-corrected chi connectivity index (χ4v) is 2.48. The molecule has 0 fully saturated rings. The minimum absolute atomic E-state index is 0.0537. The zero-order valence-corrected chi connectivity index (χ0v) is 11.0. The van der Waals surface area contributed by atoms with Crippen LogP contribution >= 0.6 is 11.3 Å². The molecular formula is C13H14N2OS. The highest BCUT2D eigenvalue weighted by Crippen LogP contribution is 2.20. The molecule has 2 heterocycles. The summed E-state index contributed by atoms with van der Waals surface area (Å²) in [6.45, 7) is 5.83. The van der Waals surface area contributed by atoms with Crippen molar-refractivity contribution in [3.63, 3.8) is 0 Å². The molecule has 0 bridgehead atoms. The molecule has 0 saturated heterocycles. The van der Waals surface area contributed by atoms with Crippen LogP contribution < -0.4 is 0 Å². The second-order valence-electron chi connectivity index (χ2n) is 3.94. The highest BCUT2D eigenvalue weighted by Gasteiger charge is 2.16. The Kier molecular flexibility index (Phi) is 3.33. The van der Waals surface area contributed by atoms with Crippen LogP contribution in [0, 0.1) is 13.8 Å². The van der Waals surface area contributed by atoms with E-state index in [0.717, 1.165) is 27.6 Å². The molecule has 0 spiro atoms. The van der Waals surface area contributed by atoms with Crippen molar-refractivity contribution in [3.05, 3.63) is 44.9 Å². The minimum Gasteiger partial charge on any atom is -0.288 e.